The van der Waals surface area contributed by atoms with Gasteiger partial charge in [0.05, 0.1) is 5.69 Å². The van der Waals surface area contributed by atoms with Gasteiger partial charge in [0.25, 0.3) is 0 Å². The van der Waals surface area contributed by atoms with Gasteiger partial charge in [-0.1, -0.05) is 19.2 Å². The minimum absolute atomic E-state index is 0.840. The van der Waals surface area contributed by atoms with E-state index in [1.165, 1.54) is 6.33 Å². The fourth-order valence-corrected chi connectivity index (χ4v) is 0.917. The summed E-state index contributed by atoms with van der Waals surface area (Å²) in [4.78, 5) is 8.06. The fraction of sp³-hybridized carbons (Fsp3) is 0.111. The van der Waals surface area contributed by atoms with E-state index in [1.54, 1.807) is 12.2 Å². The van der Waals surface area contributed by atoms with Crippen molar-refractivity contribution in [1.82, 2.24) is 9.97 Å². The predicted octanol–water partition coefficient (Wildman–Crippen LogP) is 2.07. The minimum Gasteiger partial charge on any atom is -0.241 e. The summed E-state index contributed by atoms with van der Waals surface area (Å²) in [5.41, 5.74) is 2.74. The molecule has 1 rings (SSSR count). The SMILES string of the molecule is C=Cc1ncnc(C)c1C=C. The maximum atomic E-state index is 4.03. The molecule has 1 heterocycles. The van der Waals surface area contributed by atoms with Crippen LogP contribution in [0.5, 0.6) is 0 Å². The molecule has 56 valence electrons. The first kappa shape index (κ1) is 7.66. The number of rotatable bonds is 2. The normalized spacial score (nSPS) is 9.18. The van der Waals surface area contributed by atoms with E-state index < -0.39 is 0 Å². The lowest BCUT2D eigenvalue weighted by molar-refractivity contribution is 1.08. The van der Waals surface area contributed by atoms with Gasteiger partial charge in [-0.2, -0.15) is 0 Å². The Morgan fingerprint density at radius 1 is 1.27 bits per heavy atom. The van der Waals surface area contributed by atoms with Gasteiger partial charge in [0.15, 0.2) is 0 Å². The molecule has 0 N–H and O–H groups in total. The second-order valence-corrected chi connectivity index (χ2v) is 2.17. The van der Waals surface area contributed by atoms with Crippen molar-refractivity contribution in [3.05, 3.63) is 36.4 Å². The van der Waals surface area contributed by atoms with Crippen LogP contribution < -0.4 is 0 Å². The second-order valence-electron chi connectivity index (χ2n) is 2.17. The topological polar surface area (TPSA) is 25.8 Å². The van der Waals surface area contributed by atoms with E-state index in [4.69, 9.17) is 0 Å². The summed E-state index contributed by atoms with van der Waals surface area (Å²) in [6.07, 6.45) is 4.97. The van der Waals surface area contributed by atoms with E-state index >= 15 is 0 Å². The standard InChI is InChI=1S/C9H10N2/c1-4-8-7(3)10-6-11-9(8)5-2/h4-6H,1-2H2,3H3. The third kappa shape index (κ3) is 1.34. The van der Waals surface area contributed by atoms with Crippen molar-refractivity contribution in [2.75, 3.05) is 0 Å². The smallest absolute Gasteiger partial charge is 0.116 e. The fourth-order valence-electron chi connectivity index (χ4n) is 0.917. The van der Waals surface area contributed by atoms with Crippen LogP contribution in [-0.2, 0) is 0 Å². The zero-order chi connectivity index (χ0) is 8.27. The van der Waals surface area contributed by atoms with Crippen LogP contribution in [0.15, 0.2) is 19.5 Å². The highest BCUT2D eigenvalue weighted by molar-refractivity contribution is 5.61. The minimum atomic E-state index is 0.840. The van der Waals surface area contributed by atoms with Crippen molar-refractivity contribution in [3.8, 4) is 0 Å². The lowest BCUT2D eigenvalue weighted by Gasteiger charge is -2.00. The van der Waals surface area contributed by atoms with Gasteiger partial charge in [-0.25, -0.2) is 9.97 Å². The first-order valence-electron chi connectivity index (χ1n) is 3.36. The third-order valence-electron chi connectivity index (χ3n) is 1.51. The van der Waals surface area contributed by atoms with Crippen molar-refractivity contribution in [2.45, 2.75) is 6.92 Å². The van der Waals surface area contributed by atoms with E-state index in [2.05, 4.69) is 23.1 Å². The zero-order valence-corrected chi connectivity index (χ0v) is 6.54. The summed E-state index contributed by atoms with van der Waals surface area (Å²) >= 11 is 0. The Morgan fingerprint density at radius 3 is 2.45 bits per heavy atom. The van der Waals surface area contributed by atoms with Gasteiger partial charge in [0.1, 0.15) is 6.33 Å². The van der Waals surface area contributed by atoms with Crippen molar-refractivity contribution < 1.29 is 0 Å². The van der Waals surface area contributed by atoms with Crippen molar-refractivity contribution in [1.29, 1.82) is 0 Å². The average molecular weight is 146 g/mol. The lowest BCUT2D eigenvalue weighted by Crippen LogP contribution is -1.92. The molecule has 0 unspecified atom stereocenters. The summed E-state index contributed by atoms with van der Waals surface area (Å²) in [6, 6.07) is 0. The summed E-state index contributed by atoms with van der Waals surface area (Å²) < 4.78 is 0. The molecule has 0 spiro atoms. The Hall–Kier alpha value is -1.44. The van der Waals surface area contributed by atoms with Crippen LogP contribution in [-0.4, -0.2) is 9.97 Å². The highest BCUT2D eigenvalue weighted by atomic mass is 14.8. The first-order valence-corrected chi connectivity index (χ1v) is 3.36. The second kappa shape index (κ2) is 3.10. The van der Waals surface area contributed by atoms with Gasteiger partial charge in [0, 0.05) is 11.3 Å². The summed E-state index contributed by atoms with van der Waals surface area (Å²) in [5.74, 6) is 0. The Morgan fingerprint density at radius 2 is 2.00 bits per heavy atom. The summed E-state index contributed by atoms with van der Waals surface area (Å²) in [6.45, 7) is 9.24. The van der Waals surface area contributed by atoms with Gasteiger partial charge in [0.2, 0.25) is 0 Å². The molecule has 0 aliphatic heterocycles. The lowest BCUT2D eigenvalue weighted by atomic mass is 10.1. The number of aromatic nitrogens is 2. The molecule has 11 heavy (non-hydrogen) atoms. The van der Waals surface area contributed by atoms with Gasteiger partial charge in [-0.05, 0) is 13.0 Å². The van der Waals surface area contributed by atoms with Crippen LogP contribution in [0.25, 0.3) is 12.2 Å². The van der Waals surface area contributed by atoms with Crippen LogP contribution in [0, 0.1) is 6.92 Å². The van der Waals surface area contributed by atoms with E-state index in [-0.39, 0.29) is 0 Å². The Balaban J connectivity index is 3.35. The largest absolute Gasteiger partial charge is 0.241 e. The number of hydrogen-bond acceptors (Lipinski definition) is 2. The van der Waals surface area contributed by atoms with Crippen LogP contribution in [0.4, 0.5) is 0 Å². The third-order valence-corrected chi connectivity index (χ3v) is 1.51. The van der Waals surface area contributed by atoms with Crippen molar-refractivity contribution >= 4 is 12.2 Å². The average Bonchev–Trinajstić information content (AvgIpc) is 2.04. The van der Waals surface area contributed by atoms with Gasteiger partial charge in [-0.15, -0.1) is 0 Å². The molecule has 0 amide bonds. The molecular weight excluding hydrogens is 136 g/mol. The highest BCUT2D eigenvalue weighted by Crippen LogP contribution is 2.10. The molecule has 0 bridgehead atoms. The molecule has 0 saturated carbocycles. The van der Waals surface area contributed by atoms with Gasteiger partial charge >= 0.3 is 0 Å². The van der Waals surface area contributed by atoms with Crippen LogP contribution in [0.3, 0.4) is 0 Å². The van der Waals surface area contributed by atoms with E-state index in [0.717, 1.165) is 17.0 Å². The van der Waals surface area contributed by atoms with E-state index in [0.29, 0.717) is 0 Å². The molecule has 2 heteroatoms. The van der Waals surface area contributed by atoms with Crippen LogP contribution in [0.1, 0.15) is 17.0 Å². The molecule has 0 radical (unpaired) electrons. The van der Waals surface area contributed by atoms with Crippen LogP contribution >= 0.6 is 0 Å². The Bertz CT molecular complexity index is 290. The maximum Gasteiger partial charge on any atom is 0.116 e. The number of hydrogen-bond donors (Lipinski definition) is 0. The first-order chi connectivity index (χ1) is 5.29. The summed E-state index contributed by atoms with van der Waals surface area (Å²) in [7, 11) is 0. The molecule has 1 aromatic rings. The number of nitrogens with zero attached hydrogens (tertiary/aromatic N) is 2. The molecule has 0 aliphatic carbocycles. The molecule has 0 aliphatic rings. The van der Waals surface area contributed by atoms with E-state index in [1.807, 2.05) is 6.92 Å². The Kier molecular flexibility index (Phi) is 2.16. The predicted molar refractivity (Wildman–Crippen MR) is 47.0 cm³/mol. The monoisotopic (exact) mass is 146 g/mol. The summed E-state index contributed by atoms with van der Waals surface area (Å²) in [5, 5.41) is 0. The zero-order valence-electron chi connectivity index (χ0n) is 6.54. The molecule has 2 nitrogen and oxygen atoms in total. The molecule has 1 aromatic heterocycles. The molecular formula is C9H10N2. The van der Waals surface area contributed by atoms with Crippen LogP contribution in [0.2, 0.25) is 0 Å². The van der Waals surface area contributed by atoms with Crippen molar-refractivity contribution in [2.24, 2.45) is 0 Å². The van der Waals surface area contributed by atoms with Gasteiger partial charge in [-0.3, -0.25) is 0 Å². The molecule has 0 saturated heterocycles. The van der Waals surface area contributed by atoms with Crippen molar-refractivity contribution in [3.63, 3.8) is 0 Å². The molecule has 0 fully saturated rings. The molecule has 0 aromatic carbocycles. The highest BCUT2D eigenvalue weighted by Gasteiger charge is 1.99. The maximum absolute atomic E-state index is 4.03. The quantitative estimate of drug-likeness (QED) is 0.638. The van der Waals surface area contributed by atoms with Gasteiger partial charge < -0.3 is 0 Å². The number of aryl methyl sites for hydroxylation is 1. The Labute approximate surface area is 66.3 Å². The van der Waals surface area contributed by atoms with E-state index in [9.17, 15) is 0 Å². The molecule has 0 atom stereocenters.